The topological polar surface area (TPSA) is 87.1 Å². The van der Waals surface area contributed by atoms with E-state index >= 15 is 0 Å². The van der Waals surface area contributed by atoms with Crippen molar-refractivity contribution in [3.8, 4) is 5.75 Å². The molecule has 0 saturated heterocycles. The Labute approximate surface area is 150 Å². The van der Waals surface area contributed by atoms with Crippen LogP contribution < -0.4 is 0 Å². The molecule has 1 unspecified atom stereocenters. The summed E-state index contributed by atoms with van der Waals surface area (Å²) in [7, 11) is 0. The fourth-order valence-electron chi connectivity index (χ4n) is 2.58. The smallest absolute Gasteiger partial charge is 0.411 e. The monoisotopic (exact) mass is 361 g/mol. The molecule has 0 fully saturated rings. The Bertz CT molecular complexity index is 759. The number of benzene rings is 2. The number of carboxylic acids is 1. The fourth-order valence-corrected chi connectivity index (χ4v) is 2.58. The van der Waals surface area contributed by atoms with E-state index in [1.54, 1.807) is 38.1 Å². The average molecular weight is 361 g/mol. The molecule has 138 valence electrons. The van der Waals surface area contributed by atoms with Gasteiger partial charge in [0.1, 0.15) is 18.2 Å². The van der Waals surface area contributed by atoms with E-state index in [0.717, 1.165) is 28.7 Å². The Kier molecular flexibility index (Phi) is 6.16. The van der Waals surface area contributed by atoms with Gasteiger partial charge in [0.25, 0.3) is 0 Å². The van der Waals surface area contributed by atoms with E-state index in [1.165, 1.54) is 0 Å². The predicted octanol–water partition coefficient (Wildman–Crippen LogP) is 3.70. The van der Waals surface area contributed by atoms with Gasteiger partial charge in [-0.3, -0.25) is 4.90 Å². The highest BCUT2D eigenvalue weighted by Gasteiger charge is 2.35. The van der Waals surface area contributed by atoms with Crippen LogP contribution in [0.1, 0.15) is 31.0 Å². The van der Waals surface area contributed by atoms with E-state index in [0.29, 0.717) is 0 Å². The maximum atomic E-state index is 13.6. The second kappa shape index (κ2) is 8.33. The maximum Gasteiger partial charge on any atom is 0.411 e. The van der Waals surface area contributed by atoms with Gasteiger partial charge in [-0.15, -0.1) is 0 Å². The number of halogens is 1. The molecule has 1 amide bonds. The van der Waals surface area contributed by atoms with Gasteiger partial charge in [-0.2, -0.15) is 0 Å². The molecule has 1 atom stereocenters. The Morgan fingerprint density at radius 3 is 2.35 bits per heavy atom. The average Bonchev–Trinajstić information content (AvgIpc) is 2.56. The zero-order valence-electron chi connectivity index (χ0n) is 14.4. The van der Waals surface area contributed by atoms with Crippen molar-refractivity contribution >= 4 is 12.1 Å². The first-order valence-electron chi connectivity index (χ1n) is 8.01. The summed E-state index contributed by atoms with van der Waals surface area (Å²) < 4.78 is 18.8. The predicted molar refractivity (Wildman–Crippen MR) is 92.0 cm³/mol. The van der Waals surface area contributed by atoms with Gasteiger partial charge >= 0.3 is 12.1 Å². The first-order chi connectivity index (χ1) is 12.3. The molecule has 0 radical (unpaired) electrons. The number of hydrogen-bond donors (Lipinski definition) is 2. The zero-order chi connectivity index (χ0) is 19.3. The number of hydrogen-bond acceptors (Lipinski definition) is 4. The van der Waals surface area contributed by atoms with Crippen molar-refractivity contribution in [2.45, 2.75) is 32.5 Å². The van der Waals surface area contributed by atoms with Gasteiger partial charge in [-0.25, -0.2) is 14.0 Å². The molecule has 2 rings (SSSR count). The molecule has 6 nitrogen and oxygen atoms in total. The minimum atomic E-state index is -1.50. The van der Waals surface area contributed by atoms with Crippen LogP contribution in [-0.2, 0) is 16.1 Å². The quantitative estimate of drug-likeness (QED) is 0.819. The third kappa shape index (κ3) is 4.72. The Hall–Kier alpha value is -3.09. The summed E-state index contributed by atoms with van der Waals surface area (Å²) >= 11 is 0. The van der Waals surface area contributed by atoms with Crippen LogP contribution in [0.2, 0.25) is 0 Å². The van der Waals surface area contributed by atoms with E-state index in [2.05, 4.69) is 0 Å². The fraction of sp³-hybridized carbons (Fsp3) is 0.263. The number of phenolic OH excluding ortho intramolecular Hbond substituents is 1. The Morgan fingerprint density at radius 2 is 1.81 bits per heavy atom. The lowest BCUT2D eigenvalue weighted by Gasteiger charge is -2.32. The number of nitrogens with zero attached hydrogens (tertiary/aromatic N) is 1. The second-order valence-corrected chi connectivity index (χ2v) is 6.02. The normalized spacial score (nSPS) is 11.8. The number of carboxylic acid groups (broad SMARTS) is 1. The third-order valence-electron chi connectivity index (χ3n) is 3.70. The summed E-state index contributed by atoms with van der Waals surface area (Å²) in [4.78, 5) is 25.3. The number of aliphatic carboxylic acids is 1. The number of carbonyl (C=O) groups is 2. The number of amides is 1. The molecule has 0 aliphatic rings. The van der Waals surface area contributed by atoms with Crippen molar-refractivity contribution < 1.29 is 28.9 Å². The molecule has 26 heavy (non-hydrogen) atoms. The van der Waals surface area contributed by atoms with E-state index in [9.17, 15) is 24.2 Å². The van der Waals surface area contributed by atoms with Crippen molar-refractivity contribution in [3.63, 3.8) is 0 Å². The lowest BCUT2D eigenvalue weighted by molar-refractivity contribution is -0.143. The molecule has 0 aliphatic carbocycles. The summed E-state index contributed by atoms with van der Waals surface area (Å²) in [6.07, 6.45) is -0.847. The van der Waals surface area contributed by atoms with Crippen molar-refractivity contribution in [2.75, 3.05) is 0 Å². The third-order valence-corrected chi connectivity index (χ3v) is 3.70. The molecule has 0 saturated carbocycles. The molecule has 0 aromatic heterocycles. The molecule has 2 aromatic carbocycles. The first kappa shape index (κ1) is 19.2. The number of aromatic hydroxyl groups is 1. The standard InChI is InChI=1S/C19H20FNO5/c1-12(2)21(19(25)26-11-13-6-4-3-5-7-13)17(18(23)24)14-8-15(20)10-16(22)9-14/h3-10,12,17,22H,11H2,1-2H3,(H,23,24). The van der Waals surface area contributed by atoms with Gasteiger partial charge in [0.2, 0.25) is 0 Å². The Morgan fingerprint density at radius 1 is 1.15 bits per heavy atom. The molecule has 2 aromatic rings. The zero-order valence-corrected chi connectivity index (χ0v) is 14.4. The van der Waals surface area contributed by atoms with Crippen molar-refractivity contribution in [1.82, 2.24) is 4.90 Å². The number of ether oxygens (including phenoxy) is 1. The van der Waals surface area contributed by atoms with Gasteiger partial charge in [0.05, 0.1) is 0 Å². The number of rotatable bonds is 6. The second-order valence-electron chi connectivity index (χ2n) is 6.02. The highest BCUT2D eigenvalue weighted by atomic mass is 19.1. The summed E-state index contributed by atoms with van der Waals surface area (Å²) in [5.74, 6) is -2.58. The molecule has 0 bridgehead atoms. The van der Waals surface area contributed by atoms with Crippen molar-refractivity contribution in [3.05, 3.63) is 65.5 Å². The largest absolute Gasteiger partial charge is 0.508 e. The highest BCUT2D eigenvalue weighted by Crippen LogP contribution is 2.28. The molecule has 0 heterocycles. The molecule has 0 aliphatic heterocycles. The van der Waals surface area contributed by atoms with Gasteiger partial charge in [-0.1, -0.05) is 30.3 Å². The number of phenols is 1. The SMILES string of the molecule is CC(C)N(C(=O)OCc1ccccc1)C(C(=O)O)c1cc(O)cc(F)c1. The van der Waals surface area contributed by atoms with Crippen LogP contribution in [0.5, 0.6) is 5.75 Å². The summed E-state index contributed by atoms with van der Waals surface area (Å²) in [5.41, 5.74) is 0.695. The van der Waals surface area contributed by atoms with E-state index in [-0.39, 0.29) is 12.2 Å². The number of carbonyl (C=O) groups excluding carboxylic acids is 1. The van der Waals surface area contributed by atoms with Gasteiger partial charge < -0.3 is 14.9 Å². The van der Waals surface area contributed by atoms with Crippen LogP contribution in [0.25, 0.3) is 0 Å². The summed E-state index contributed by atoms with van der Waals surface area (Å²) in [5, 5.41) is 19.2. The van der Waals surface area contributed by atoms with Crippen LogP contribution in [0.3, 0.4) is 0 Å². The lowest BCUT2D eigenvalue weighted by Crippen LogP contribution is -2.43. The Balaban J connectivity index is 2.29. The molecule has 7 heteroatoms. The lowest BCUT2D eigenvalue weighted by atomic mass is 10.0. The van der Waals surface area contributed by atoms with Crippen LogP contribution in [0, 0.1) is 5.82 Å². The van der Waals surface area contributed by atoms with Gasteiger partial charge in [-0.05, 0) is 37.1 Å². The van der Waals surface area contributed by atoms with Gasteiger partial charge in [0, 0.05) is 12.1 Å². The molecular formula is C19H20FNO5. The van der Waals surface area contributed by atoms with Crippen molar-refractivity contribution in [1.29, 1.82) is 0 Å². The molecule has 2 N–H and O–H groups in total. The maximum absolute atomic E-state index is 13.6. The van der Waals surface area contributed by atoms with E-state index in [4.69, 9.17) is 4.74 Å². The van der Waals surface area contributed by atoms with Crippen molar-refractivity contribution in [2.24, 2.45) is 0 Å². The van der Waals surface area contributed by atoms with Gasteiger partial charge in [0.15, 0.2) is 6.04 Å². The first-order valence-corrected chi connectivity index (χ1v) is 8.01. The summed E-state index contributed by atoms with van der Waals surface area (Å²) in [6, 6.07) is 9.85. The minimum Gasteiger partial charge on any atom is -0.508 e. The summed E-state index contributed by atoms with van der Waals surface area (Å²) in [6.45, 7) is 3.22. The minimum absolute atomic E-state index is 0.0242. The molecule has 0 spiro atoms. The highest BCUT2D eigenvalue weighted by molar-refractivity contribution is 5.82. The van der Waals surface area contributed by atoms with Crippen LogP contribution in [-0.4, -0.2) is 33.2 Å². The molecular weight excluding hydrogens is 341 g/mol. The van der Waals surface area contributed by atoms with E-state index < -0.39 is 35.7 Å². The van der Waals surface area contributed by atoms with Crippen LogP contribution >= 0.6 is 0 Å². The van der Waals surface area contributed by atoms with Crippen LogP contribution in [0.15, 0.2) is 48.5 Å². The van der Waals surface area contributed by atoms with Crippen LogP contribution in [0.4, 0.5) is 9.18 Å². The van der Waals surface area contributed by atoms with E-state index in [1.807, 2.05) is 6.07 Å².